The lowest BCUT2D eigenvalue weighted by molar-refractivity contribution is -0.120. The van der Waals surface area contributed by atoms with Gasteiger partial charge in [-0.3, -0.25) is 24.5 Å². The SMILES string of the molecule is COc1ccc(C(=O)N2CCC3(CCC(N(C)CC4CCC(n5ccc(C(F)F)n5)CC4)CC3)CC2)cc1N1CCC(=O)NC1=O. The van der Waals surface area contributed by atoms with Crippen LogP contribution in [0.4, 0.5) is 19.3 Å². The summed E-state index contributed by atoms with van der Waals surface area (Å²) < 4.78 is 33.1. The van der Waals surface area contributed by atoms with E-state index in [0.717, 1.165) is 58.2 Å². The number of alkyl halides is 2. The molecule has 0 atom stereocenters. The third-order valence-electron chi connectivity index (χ3n) is 11.1. The molecule has 0 bridgehead atoms. The highest BCUT2D eigenvalue weighted by Gasteiger charge is 2.40. The Hall–Kier alpha value is -3.54. The predicted molar refractivity (Wildman–Crippen MR) is 169 cm³/mol. The van der Waals surface area contributed by atoms with Gasteiger partial charge in [-0.05, 0) is 107 Å². The minimum atomic E-state index is -2.52. The number of ether oxygens (including phenoxy) is 1. The molecule has 4 aliphatic rings. The third kappa shape index (κ3) is 6.91. The average molecular weight is 641 g/mol. The van der Waals surface area contributed by atoms with E-state index in [2.05, 4.69) is 22.4 Å². The lowest BCUT2D eigenvalue weighted by Crippen LogP contribution is -2.49. The fraction of sp³-hybridized carbons (Fsp3) is 0.647. The molecule has 3 heterocycles. The van der Waals surface area contributed by atoms with E-state index in [4.69, 9.17) is 4.74 Å². The van der Waals surface area contributed by atoms with Crippen LogP contribution in [0.3, 0.4) is 0 Å². The topological polar surface area (TPSA) is 100 Å². The summed E-state index contributed by atoms with van der Waals surface area (Å²) in [5.41, 5.74) is 1.16. The first-order valence-electron chi connectivity index (χ1n) is 16.8. The summed E-state index contributed by atoms with van der Waals surface area (Å²) in [7, 11) is 3.78. The molecule has 6 rings (SSSR count). The number of likely N-dealkylation sites (tertiary alicyclic amines) is 1. The minimum absolute atomic E-state index is 0.0441. The number of carbonyl (C=O) groups excluding carboxylic acids is 3. The van der Waals surface area contributed by atoms with Crippen LogP contribution in [0.15, 0.2) is 30.5 Å². The monoisotopic (exact) mass is 640 g/mol. The van der Waals surface area contributed by atoms with Crippen molar-refractivity contribution in [1.29, 1.82) is 0 Å². The lowest BCUT2D eigenvalue weighted by atomic mass is 9.66. The van der Waals surface area contributed by atoms with Crippen molar-refractivity contribution in [3.05, 3.63) is 41.7 Å². The van der Waals surface area contributed by atoms with E-state index in [1.807, 2.05) is 4.90 Å². The first-order valence-corrected chi connectivity index (χ1v) is 16.8. The summed E-state index contributed by atoms with van der Waals surface area (Å²) in [4.78, 5) is 43.6. The molecule has 2 aromatic rings. The number of nitrogens with zero attached hydrogens (tertiary/aromatic N) is 5. The van der Waals surface area contributed by atoms with Gasteiger partial charge in [-0.25, -0.2) is 13.6 Å². The largest absolute Gasteiger partial charge is 0.495 e. The lowest BCUT2D eigenvalue weighted by Gasteiger charge is -2.47. The molecule has 2 saturated carbocycles. The van der Waals surface area contributed by atoms with Crippen LogP contribution in [0.1, 0.15) is 99.1 Å². The van der Waals surface area contributed by atoms with Crippen LogP contribution in [0.2, 0.25) is 0 Å². The molecule has 4 fully saturated rings. The standard InChI is InChI=1S/C34H46F2N6O4/c1-39(22-23-3-6-26(7-4-23)42-18-11-27(38-42)31(35)36)25-9-13-34(14-10-25)15-19-40(20-16-34)32(44)24-5-8-29(46-2)28(21-24)41-17-12-30(43)37-33(41)45/h5,8,11,18,21,23,25-26,31H,3-4,6-7,9-10,12-17,19-20,22H2,1-2H3,(H,37,43,45). The Bertz CT molecular complexity index is 1410. The van der Waals surface area contributed by atoms with Crippen LogP contribution >= 0.6 is 0 Å². The molecule has 2 aliphatic heterocycles. The molecule has 10 nitrogen and oxygen atoms in total. The molecule has 1 aromatic carbocycles. The van der Waals surface area contributed by atoms with Crippen molar-refractivity contribution in [1.82, 2.24) is 24.9 Å². The van der Waals surface area contributed by atoms with Gasteiger partial charge in [-0.15, -0.1) is 0 Å². The maximum atomic E-state index is 13.6. The number of imide groups is 1. The number of hydrogen-bond donors (Lipinski definition) is 1. The number of urea groups is 1. The second kappa shape index (κ2) is 13.7. The zero-order valence-electron chi connectivity index (χ0n) is 26.9. The van der Waals surface area contributed by atoms with Gasteiger partial charge in [0.15, 0.2) is 0 Å². The van der Waals surface area contributed by atoms with E-state index in [1.165, 1.54) is 43.8 Å². The predicted octanol–water partition coefficient (Wildman–Crippen LogP) is 5.80. The number of aromatic nitrogens is 2. The molecule has 4 amide bonds. The summed E-state index contributed by atoms with van der Waals surface area (Å²) in [6.07, 6.45) is 10.2. The van der Waals surface area contributed by atoms with Crippen molar-refractivity contribution in [3.8, 4) is 5.75 Å². The molecule has 0 radical (unpaired) electrons. The van der Waals surface area contributed by atoms with E-state index in [1.54, 1.807) is 29.1 Å². The van der Waals surface area contributed by atoms with Gasteiger partial charge in [0.05, 0.1) is 18.8 Å². The van der Waals surface area contributed by atoms with Crippen molar-refractivity contribution in [2.75, 3.05) is 45.2 Å². The fourth-order valence-corrected chi connectivity index (χ4v) is 8.17. The van der Waals surface area contributed by atoms with Crippen molar-refractivity contribution in [3.63, 3.8) is 0 Å². The Kier molecular flexibility index (Phi) is 9.63. The van der Waals surface area contributed by atoms with Crippen LogP contribution in [0.25, 0.3) is 0 Å². The summed E-state index contributed by atoms with van der Waals surface area (Å²) in [5, 5.41) is 6.44. The molecular weight excluding hydrogens is 594 g/mol. The number of piperidine rings is 1. The molecule has 1 N–H and O–H groups in total. The van der Waals surface area contributed by atoms with Gasteiger partial charge in [0.25, 0.3) is 12.3 Å². The highest BCUT2D eigenvalue weighted by molar-refractivity contribution is 6.07. The third-order valence-corrected chi connectivity index (χ3v) is 11.1. The van der Waals surface area contributed by atoms with E-state index in [9.17, 15) is 23.2 Å². The number of benzene rings is 1. The second-order valence-electron chi connectivity index (χ2n) is 13.8. The van der Waals surface area contributed by atoms with Gasteiger partial charge in [-0.2, -0.15) is 5.10 Å². The Labute approximate surface area is 269 Å². The van der Waals surface area contributed by atoms with E-state index in [-0.39, 0.29) is 41.9 Å². The zero-order chi connectivity index (χ0) is 32.4. The van der Waals surface area contributed by atoms with Gasteiger partial charge in [0.1, 0.15) is 11.4 Å². The molecule has 2 saturated heterocycles. The summed E-state index contributed by atoms with van der Waals surface area (Å²) in [6, 6.07) is 6.88. The first-order chi connectivity index (χ1) is 22.1. The first kappa shape index (κ1) is 32.4. The second-order valence-corrected chi connectivity index (χ2v) is 13.8. The Morgan fingerprint density at radius 1 is 1.04 bits per heavy atom. The quantitative estimate of drug-likeness (QED) is 0.392. The number of methoxy groups -OCH3 is 1. The number of rotatable bonds is 8. The van der Waals surface area contributed by atoms with Crippen molar-refractivity contribution < 1.29 is 27.9 Å². The van der Waals surface area contributed by atoms with Crippen molar-refractivity contribution in [2.24, 2.45) is 11.3 Å². The Morgan fingerprint density at radius 3 is 2.39 bits per heavy atom. The minimum Gasteiger partial charge on any atom is -0.495 e. The molecular formula is C34H46F2N6O4. The number of nitrogens with one attached hydrogen (secondary N) is 1. The van der Waals surface area contributed by atoms with E-state index < -0.39 is 12.5 Å². The summed E-state index contributed by atoms with van der Waals surface area (Å²) in [6.45, 7) is 2.75. The van der Waals surface area contributed by atoms with Gasteiger partial charge in [0.2, 0.25) is 5.91 Å². The highest BCUT2D eigenvalue weighted by Crippen LogP contribution is 2.46. The number of hydrogen-bond acceptors (Lipinski definition) is 6. The average Bonchev–Trinajstić information content (AvgIpc) is 3.56. The molecule has 12 heteroatoms. The van der Waals surface area contributed by atoms with Crippen molar-refractivity contribution >= 4 is 23.5 Å². The van der Waals surface area contributed by atoms with Crippen LogP contribution < -0.4 is 15.0 Å². The smallest absolute Gasteiger partial charge is 0.328 e. The Morgan fingerprint density at radius 2 is 1.76 bits per heavy atom. The molecule has 0 unspecified atom stereocenters. The fourth-order valence-electron chi connectivity index (χ4n) is 8.17. The maximum Gasteiger partial charge on any atom is 0.328 e. The molecule has 250 valence electrons. The molecule has 1 aromatic heterocycles. The normalized spacial score (nSPS) is 24.1. The van der Waals surface area contributed by atoms with Crippen LogP contribution in [-0.4, -0.2) is 83.8 Å². The number of halogens is 2. The number of amides is 4. The number of anilines is 1. The zero-order valence-corrected chi connectivity index (χ0v) is 26.9. The molecule has 46 heavy (non-hydrogen) atoms. The maximum absolute atomic E-state index is 13.6. The van der Waals surface area contributed by atoms with Gasteiger partial charge in [0, 0.05) is 50.4 Å². The molecule has 1 spiro atoms. The number of carbonyl (C=O) groups is 3. The van der Waals surface area contributed by atoms with Crippen molar-refractivity contribution in [2.45, 2.75) is 89.1 Å². The molecule has 2 aliphatic carbocycles. The van der Waals surface area contributed by atoms with Crippen LogP contribution in [-0.2, 0) is 4.79 Å². The van der Waals surface area contributed by atoms with Gasteiger partial charge in [-0.1, -0.05) is 0 Å². The summed E-state index contributed by atoms with van der Waals surface area (Å²) >= 11 is 0. The van der Waals surface area contributed by atoms with Gasteiger partial charge >= 0.3 is 6.03 Å². The Balaban J connectivity index is 0.968. The highest BCUT2D eigenvalue weighted by atomic mass is 19.3. The van der Waals surface area contributed by atoms with Crippen LogP contribution in [0.5, 0.6) is 5.75 Å². The van der Waals surface area contributed by atoms with E-state index in [0.29, 0.717) is 29.0 Å². The van der Waals surface area contributed by atoms with Gasteiger partial charge < -0.3 is 14.5 Å². The van der Waals surface area contributed by atoms with E-state index >= 15 is 0 Å². The summed E-state index contributed by atoms with van der Waals surface area (Å²) in [5.74, 6) is 0.753. The van der Waals surface area contributed by atoms with Crippen LogP contribution in [0, 0.1) is 11.3 Å².